The van der Waals surface area contributed by atoms with Crippen molar-refractivity contribution in [3.05, 3.63) is 59.9 Å². The van der Waals surface area contributed by atoms with Gasteiger partial charge in [0.05, 0.1) is 24.3 Å². The highest BCUT2D eigenvalue weighted by molar-refractivity contribution is 5.65. The summed E-state index contributed by atoms with van der Waals surface area (Å²) in [5.74, 6) is -1.80. The van der Waals surface area contributed by atoms with E-state index in [0.29, 0.717) is 16.3 Å². The fourth-order valence-electron chi connectivity index (χ4n) is 3.43. The monoisotopic (exact) mass is 436 g/mol. The lowest BCUT2D eigenvalue weighted by Crippen LogP contribution is -2.61. The van der Waals surface area contributed by atoms with Gasteiger partial charge in [-0.2, -0.15) is 4.98 Å². The average Bonchev–Trinajstić information content (AvgIpc) is 3.23. The number of anilines is 3. The summed E-state index contributed by atoms with van der Waals surface area (Å²) in [5.41, 5.74) is 2.43. The summed E-state index contributed by atoms with van der Waals surface area (Å²) in [7, 11) is 0. The molecular formula is C22H26F2N6O. The van der Waals surface area contributed by atoms with E-state index >= 15 is 0 Å². The molecule has 0 amide bonds. The summed E-state index contributed by atoms with van der Waals surface area (Å²) in [5, 5.41) is 7.28. The van der Waals surface area contributed by atoms with E-state index in [4.69, 9.17) is 11.0 Å². The molecule has 0 bridgehead atoms. The summed E-state index contributed by atoms with van der Waals surface area (Å²) >= 11 is 0. The predicted molar refractivity (Wildman–Crippen MR) is 116 cm³/mol. The van der Waals surface area contributed by atoms with Crippen molar-refractivity contribution in [2.75, 3.05) is 49.4 Å². The van der Waals surface area contributed by atoms with Crippen LogP contribution in [0.25, 0.3) is 5.69 Å². The molecule has 5 rings (SSSR count). The molecule has 164 valence electrons. The number of nitrogens with zero attached hydrogens (tertiary/aromatic N) is 5. The molecule has 3 aromatic rings. The lowest BCUT2D eigenvalue weighted by molar-refractivity contribution is 0.0105. The van der Waals surface area contributed by atoms with E-state index in [9.17, 15) is 8.78 Å². The molecule has 0 unspecified atom stereocenters. The van der Waals surface area contributed by atoms with Crippen LogP contribution in [0, 0.1) is 18.6 Å². The van der Waals surface area contributed by atoms with Crippen molar-refractivity contribution in [1.82, 2.24) is 19.7 Å². The molecule has 2 aliphatic heterocycles. The van der Waals surface area contributed by atoms with Gasteiger partial charge in [0.1, 0.15) is 6.33 Å². The first-order valence-electron chi connectivity index (χ1n) is 13.5. The zero-order chi connectivity index (χ0) is 28.5. The van der Waals surface area contributed by atoms with Crippen LogP contribution in [-0.2, 0) is 4.74 Å². The van der Waals surface area contributed by atoms with Gasteiger partial charge in [0.15, 0.2) is 11.6 Å². The van der Waals surface area contributed by atoms with Gasteiger partial charge in [-0.05, 0) is 42.8 Å². The molecule has 9 heteroatoms. The molecule has 2 aromatic carbocycles. The minimum atomic E-state index is -3.08. The molecule has 0 aliphatic carbocycles. The number of ether oxygens (including phenoxy) is 1. The third-order valence-corrected chi connectivity index (χ3v) is 5.00. The van der Waals surface area contributed by atoms with Crippen molar-refractivity contribution in [3.8, 4) is 5.69 Å². The first kappa shape index (κ1) is 12.7. The van der Waals surface area contributed by atoms with Gasteiger partial charge >= 0.3 is 0 Å². The first-order valence-corrected chi connectivity index (χ1v) is 9.52. The van der Waals surface area contributed by atoms with Crippen LogP contribution in [0.5, 0.6) is 0 Å². The molecule has 0 saturated carbocycles. The van der Waals surface area contributed by atoms with Gasteiger partial charge in [-0.1, -0.05) is 0 Å². The maximum Gasteiger partial charge on any atom is 0.246 e. The Bertz CT molecular complexity index is 1390. The van der Waals surface area contributed by atoms with E-state index in [1.807, 2.05) is 24.0 Å². The lowest BCUT2D eigenvalue weighted by atomic mass is 10.0. The van der Waals surface area contributed by atoms with Gasteiger partial charge in [-0.25, -0.2) is 13.5 Å². The van der Waals surface area contributed by atoms with Gasteiger partial charge in [0, 0.05) is 56.5 Å². The highest BCUT2D eigenvalue weighted by Crippen LogP contribution is 2.29. The van der Waals surface area contributed by atoms with Crippen LogP contribution in [-0.4, -0.2) is 64.9 Å². The van der Waals surface area contributed by atoms with Crippen molar-refractivity contribution in [2.24, 2.45) is 0 Å². The van der Waals surface area contributed by atoms with Gasteiger partial charge in [-0.3, -0.25) is 4.90 Å². The SMILES string of the molecule is [2H]C1([2H])OC([2H])([2H])C([2H])([2H])N(C2CN(c3cc(C)cc(Nc4ncn(-c5ccc(F)c(F)c5)n4)c3)C2)C1([2H])[2H].[HH]. The van der Waals surface area contributed by atoms with Crippen LogP contribution in [0.3, 0.4) is 0 Å². The van der Waals surface area contributed by atoms with Crippen molar-refractivity contribution in [2.45, 2.75) is 13.0 Å². The zero-order valence-electron chi connectivity index (χ0n) is 24.4. The van der Waals surface area contributed by atoms with Crippen molar-refractivity contribution >= 4 is 17.3 Å². The standard InChI is InChI=1S/C22H24F2N6O.H2/c1-15-8-16(10-18(9-15)29-12-19(13-29)28-4-6-31-7-5-28)26-22-25-14-30(27-22)17-2-3-20(23)21(24)11-17;/h2-3,8-11,14,19H,4-7,12-13H2,1H3,(H,26,27);1H/i4D2,5D2,6D2,7D2;. The molecule has 0 radical (unpaired) electrons. The van der Waals surface area contributed by atoms with Crippen molar-refractivity contribution in [1.29, 1.82) is 0 Å². The molecule has 2 aliphatic rings. The molecule has 2 fully saturated rings. The van der Waals surface area contributed by atoms with E-state index < -0.39 is 43.8 Å². The van der Waals surface area contributed by atoms with Gasteiger partial charge in [0.2, 0.25) is 5.95 Å². The Balaban J connectivity index is 0.00000370. The average molecular weight is 437 g/mol. The number of nitrogens with one attached hydrogen (secondary N) is 1. The fourth-order valence-corrected chi connectivity index (χ4v) is 3.43. The number of benzene rings is 2. The fraction of sp³-hybridized carbons (Fsp3) is 0.364. The Morgan fingerprint density at radius 3 is 2.68 bits per heavy atom. The van der Waals surface area contributed by atoms with Crippen LogP contribution in [0.15, 0.2) is 42.7 Å². The van der Waals surface area contributed by atoms with Crippen LogP contribution >= 0.6 is 0 Å². The zero-order valence-corrected chi connectivity index (χ0v) is 16.4. The normalized spacial score (nSPS) is 27.9. The molecule has 2 saturated heterocycles. The second kappa shape index (κ2) is 8.24. The number of hydrogen-bond donors (Lipinski definition) is 1. The van der Waals surface area contributed by atoms with E-state index in [1.165, 1.54) is 17.1 Å². The maximum absolute atomic E-state index is 13.6. The third-order valence-electron chi connectivity index (χ3n) is 5.00. The van der Waals surface area contributed by atoms with E-state index in [-0.39, 0.29) is 26.2 Å². The molecular weight excluding hydrogens is 402 g/mol. The maximum atomic E-state index is 13.6. The number of aromatic nitrogens is 3. The Labute approximate surface area is 192 Å². The molecule has 31 heavy (non-hydrogen) atoms. The summed E-state index contributed by atoms with van der Waals surface area (Å²) in [4.78, 5) is 6.57. The van der Waals surface area contributed by atoms with Gasteiger partial charge < -0.3 is 15.0 Å². The Morgan fingerprint density at radius 2 is 1.90 bits per heavy atom. The number of aryl methyl sites for hydroxylation is 1. The minimum Gasteiger partial charge on any atom is -0.379 e. The second-order valence-electron chi connectivity index (χ2n) is 7.25. The van der Waals surface area contributed by atoms with E-state index in [2.05, 4.69) is 20.1 Å². The largest absolute Gasteiger partial charge is 0.379 e. The summed E-state index contributed by atoms with van der Waals surface area (Å²) in [6.07, 6.45) is 1.34. The molecule has 1 aromatic heterocycles. The first-order chi connectivity index (χ1) is 18.0. The summed E-state index contributed by atoms with van der Waals surface area (Å²) in [6, 6.07) is 7.95. The summed E-state index contributed by atoms with van der Waals surface area (Å²) < 4.78 is 97.2. The van der Waals surface area contributed by atoms with E-state index in [0.717, 1.165) is 17.7 Å². The van der Waals surface area contributed by atoms with Crippen LogP contribution in [0.1, 0.15) is 18.0 Å². The number of halogens is 2. The van der Waals surface area contributed by atoms with Crippen molar-refractivity contribution in [3.63, 3.8) is 0 Å². The molecule has 3 heterocycles. The Hall–Kier alpha value is -3.04. The smallest absolute Gasteiger partial charge is 0.246 e. The van der Waals surface area contributed by atoms with Gasteiger partial charge in [0.25, 0.3) is 0 Å². The van der Waals surface area contributed by atoms with Crippen molar-refractivity contribution < 1.29 is 25.9 Å². The predicted octanol–water partition coefficient (Wildman–Crippen LogP) is 3.36. The van der Waals surface area contributed by atoms with Crippen LogP contribution < -0.4 is 10.2 Å². The topological polar surface area (TPSA) is 58.5 Å². The van der Waals surface area contributed by atoms with Crippen LogP contribution in [0.4, 0.5) is 26.1 Å². The second-order valence-corrected chi connectivity index (χ2v) is 7.25. The summed E-state index contributed by atoms with van der Waals surface area (Å²) in [6.45, 7) is -9.97. The Morgan fingerprint density at radius 1 is 1.10 bits per heavy atom. The highest BCUT2D eigenvalue weighted by atomic mass is 19.2. The highest BCUT2D eigenvalue weighted by Gasteiger charge is 2.32. The lowest BCUT2D eigenvalue weighted by Gasteiger charge is -2.47. The van der Waals surface area contributed by atoms with E-state index in [1.54, 1.807) is 6.07 Å². The Kier molecular flexibility index (Phi) is 3.38. The van der Waals surface area contributed by atoms with Crippen LogP contribution in [0.2, 0.25) is 0 Å². The number of rotatable bonds is 5. The number of morpholine rings is 1. The molecule has 7 nitrogen and oxygen atoms in total. The molecule has 0 atom stereocenters. The van der Waals surface area contributed by atoms with Gasteiger partial charge in [-0.15, -0.1) is 5.10 Å². The minimum absolute atomic E-state index is 0. The molecule has 1 N–H and O–H groups in total. The quantitative estimate of drug-likeness (QED) is 0.662. The number of hydrogen-bond acceptors (Lipinski definition) is 6. The third kappa shape index (κ3) is 4.24. The molecule has 0 spiro atoms.